The first-order valence-electron chi connectivity index (χ1n) is 5.96. The normalized spacial score (nSPS) is 23.8. The first kappa shape index (κ1) is 15.8. The van der Waals surface area contributed by atoms with Crippen molar-refractivity contribution in [3.05, 3.63) is 29.3 Å². The van der Waals surface area contributed by atoms with E-state index in [1.54, 1.807) is 24.3 Å². The minimum Gasteiger partial charge on any atom is -0.381 e. The van der Waals surface area contributed by atoms with Crippen LogP contribution in [0.15, 0.2) is 29.2 Å². The van der Waals surface area contributed by atoms with Crippen LogP contribution in [0.1, 0.15) is 6.42 Å². The summed E-state index contributed by atoms with van der Waals surface area (Å²) in [5, 5.41) is -2.21. The predicted molar refractivity (Wildman–Crippen MR) is 83.6 cm³/mol. The highest BCUT2D eigenvalue weighted by Crippen LogP contribution is 2.43. The van der Waals surface area contributed by atoms with Gasteiger partial charge in [0.05, 0.1) is 13.2 Å². The summed E-state index contributed by atoms with van der Waals surface area (Å²) in [6.45, 7) is 1.06. The lowest BCUT2D eigenvalue weighted by molar-refractivity contribution is 0.0666. The van der Waals surface area contributed by atoms with Crippen LogP contribution in [-0.2, 0) is 4.74 Å². The molecule has 0 spiro atoms. The Morgan fingerprint density at radius 3 is 2.53 bits per heavy atom. The Kier molecular flexibility index (Phi) is 5.75. The quantitative estimate of drug-likeness (QED) is 0.373. The second kappa shape index (κ2) is 6.91. The van der Waals surface area contributed by atoms with Crippen molar-refractivity contribution >= 4 is 46.0 Å². The summed E-state index contributed by atoms with van der Waals surface area (Å²) in [6.07, 6.45) is -0.131. The molecule has 1 fully saturated rings. The summed E-state index contributed by atoms with van der Waals surface area (Å²) in [7, 11) is 0. The molecule has 1 saturated heterocycles. The van der Waals surface area contributed by atoms with Crippen molar-refractivity contribution in [3.8, 4) is 0 Å². The zero-order valence-electron chi connectivity index (χ0n) is 10.1. The van der Waals surface area contributed by atoms with Gasteiger partial charge in [0.2, 0.25) is 0 Å². The third-order valence-corrected chi connectivity index (χ3v) is 5.47. The van der Waals surface area contributed by atoms with Gasteiger partial charge < -0.3 is 4.74 Å². The van der Waals surface area contributed by atoms with Gasteiger partial charge in [-0.15, -0.1) is 0 Å². The molecule has 2 rings (SSSR count). The molecular weight excluding hydrogens is 405 g/mol. The second-order valence-electron chi connectivity index (χ2n) is 4.61. The molecule has 6 heteroatoms. The molecule has 0 bridgehead atoms. The van der Waals surface area contributed by atoms with Crippen LogP contribution in [0.4, 0.5) is 8.78 Å². The summed E-state index contributed by atoms with van der Waals surface area (Å²) in [4.78, 5) is 0.541. The van der Waals surface area contributed by atoms with Gasteiger partial charge in [0.25, 0.3) is 5.25 Å². The van der Waals surface area contributed by atoms with E-state index in [9.17, 15) is 8.78 Å². The van der Waals surface area contributed by atoms with E-state index >= 15 is 0 Å². The van der Waals surface area contributed by atoms with Crippen LogP contribution in [0.3, 0.4) is 0 Å². The van der Waals surface area contributed by atoms with Crippen LogP contribution in [-0.4, -0.2) is 22.9 Å². The van der Waals surface area contributed by atoms with Crippen LogP contribution in [0.2, 0.25) is 5.02 Å². The fourth-order valence-electron chi connectivity index (χ4n) is 2.06. The molecule has 2 atom stereocenters. The van der Waals surface area contributed by atoms with Crippen molar-refractivity contribution in [3.63, 3.8) is 0 Å². The van der Waals surface area contributed by atoms with Crippen molar-refractivity contribution in [2.75, 3.05) is 17.6 Å². The Hall–Kier alpha value is 0.410. The Bertz CT molecular complexity index is 416. The molecule has 1 aliphatic heterocycles. The van der Waals surface area contributed by atoms with Gasteiger partial charge in [-0.1, -0.05) is 46.0 Å². The summed E-state index contributed by atoms with van der Waals surface area (Å²) in [6, 6.07) is 6.52. The third kappa shape index (κ3) is 4.72. The molecular formula is C13H14ClF2IOS. The molecule has 1 aromatic rings. The Balaban J connectivity index is 1.96. The molecule has 0 aliphatic carbocycles. The summed E-state index contributed by atoms with van der Waals surface area (Å²) >= 11 is 8.59. The highest BCUT2D eigenvalue weighted by molar-refractivity contribution is 14.1. The van der Waals surface area contributed by atoms with Gasteiger partial charge in [0.15, 0.2) is 0 Å². The highest BCUT2D eigenvalue weighted by atomic mass is 127. The topological polar surface area (TPSA) is 9.23 Å². The number of hydrogen-bond donors (Lipinski definition) is 0. The van der Waals surface area contributed by atoms with E-state index in [1.807, 2.05) is 0 Å². The first-order valence-corrected chi connectivity index (χ1v) is 8.68. The monoisotopic (exact) mass is 418 g/mol. The van der Waals surface area contributed by atoms with Gasteiger partial charge in [-0.2, -0.15) is 8.78 Å². The predicted octanol–water partition coefficient (Wildman–Crippen LogP) is 5.11. The van der Waals surface area contributed by atoms with Crippen molar-refractivity contribution in [1.29, 1.82) is 0 Å². The number of hydrogen-bond acceptors (Lipinski definition) is 2. The van der Waals surface area contributed by atoms with Crippen LogP contribution in [0, 0.1) is 11.8 Å². The van der Waals surface area contributed by atoms with E-state index in [4.69, 9.17) is 16.3 Å². The first-order chi connectivity index (χ1) is 9.00. The largest absolute Gasteiger partial charge is 0.381 e. The summed E-state index contributed by atoms with van der Waals surface area (Å²) in [5.41, 5.74) is 0. The minimum absolute atomic E-state index is 0.0494. The lowest BCUT2D eigenvalue weighted by Crippen LogP contribution is -2.23. The molecule has 0 saturated carbocycles. The summed E-state index contributed by atoms with van der Waals surface area (Å²) in [5.74, 6) is 0.198. The summed E-state index contributed by atoms with van der Waals surface area (Å²) < 4.78 is 34.3. The maximum atomic E-state index is 14.0. The Labute approximate surface area is 134 Å². The molecule has 19 heavy (non-hydrogen) atoms. The van der Waals surface area contributed by atoms with Gasteiger partial charge in [-0.25, -0.2) is 0 Å². The fraction of sp³-hybridized carbons (Fsp3) is 0.538. The lowest BCUT2D eigenvalue weighted by atomic mass is 9.95. The van der Waals surface area contributed by atoms with E-state index in [0.29, 0.717) is 34.9 Å². The van der Waals surface area contributed by atoms with Crippen LogP contribution in [0.25, 0.3) is 0 Å². The highest BCUT2D eigenvalue weighted by Gasteiger charge is 2.39. The Morgan fingerprint density at radius 1 is 1.26 bits per heavy atom. The molecule has 1 aliphatic rings. The maximum absolute atomic E-state index is 14.0. The van der Waals surface area contributed by atoms with Gasteiger partial charge in [-0.05, 0) is 36.1 Å². The van der Waals surface area contributed by atoms with Crippen molar-refractivity contribution < 1.29 is 13.5 Å². The standard InChI is InChI=1S/C13H14ClF2IOS/c14-11-1-3-12(4-2-11)19-13(15,16)5-9-7-18-8-10(9)6-17/h1-4,9-10H,5-8H2. The van der Waals surface area contributed by atoms with Crippen molar-refractivity contribution in [2.24, 2.45) is 11.8 Å². The van der Waals surface area contributed by atoms with E-state index in [2.05, 4.69) is 22.6 Å². The van der Waals surface area contributed by atoms with E-state index in [0.717, 1.165) is 4.43 Å². The zero-order valence-corrected chi connectivity index (χ0v) is 13.9. The fourth-order valence-corrected chi connectivity index (χ4v) is 4.07. The number of ether oxygens (including phenoxy) is 1. The molecule has 0 N–H and O–H groups in total. The molecule has 1 nitrogen and oxygen atoms in total. The Morgan fingerprint density at radius 2 is 1.89 bits per heavy atom. The van der Waals surface area contributed by atoms with Crippen molar-refractivity contribution in [1.82, 2.24) is 0 Å². The SMILES string of the molecule is FC(F)(CC1COCC1CI)Sc1ccc(Cl)cc1. The molecule has 0 amide bonds. The van der Waals surface area contributed by atoms with Crippen LogP contribution in [0.5, 0.6) is 0 Å². The van der Waals surface area contributed by atoms with Crippen LogP contribution < -0.4 is 0 Å². The van der Waals surface area contributed by atoms with Gasteiger partial charge in [-0.3, -0.25) is 0 Å². The van der Waals surface area contributed by atoms with Gasteiger partial charge >= 0.3 is 0 Å². The number of thioether (sulfide) groups is 1. The average Bonchev–Trinajstić information content (AvgIpc) is 2.78. The minimum atomic E-state index is -2.77. The van der Waals surface area contributed by atoms with E-state index in [-0.39, 0.29) is 18.3 Å². The lowest BCUT2D eigenvalue weighted by Gasteiger charge is -2.22. The molecule has 0 radical (unpaired) electrons. The van der Waals surface area contributed by atoms with Crippen molar-refractivity contribution in [2.45, 2.75) is 16.6 Å². The molecule has 106 valence electrons. The maximum Gasteiger partial charge on any atom is 0.298 e. The zero-order chi connectivity index (χ0) is 13.9. The number of alkyl halides is 3. The molecule has 0 aromatic heterocycles. The van der Waals surface area contributed by atoms with E-state index < -0.39 is 5.25 Å². The average molecular weight is 419 g/mol. The molecule has 1 heterocycles. The third-order valence-electron chi connectivity index (χ3n) is 3.11. The number of halogens is 4. The number of benzene rings is 1. The second-order valence-corrected chi connectivity index (χ2v) is 7.20. The van der Waals surface area contributed by atoms with Gasteiger partial charge in [0.1, 0.15) is 0 Å². The molecule has 1 aromatic carbocycles. The van der Waals surface area contributed by atoms with Gasteiger partial charge in [0, 0.05) is 20.8 Å². The van der Waals surface area contributed by atoms with Crippen LogP contribution >= 0.6 is 46.0 Å². The molecule has 2 unspecified atom stereocenters. The number of rotatable bonds is 5. The van der Waals surface area contributed by atoms with E-state index in [1.165, 1.54) is 0 Å². The smallest absolute Gasteiger partial charge is 0.298 e.